The molecular formula is C21H24ClN3O4. The average Bonchev–Trinajstić information content (AvgIpc) is 3.04. The number of fused-ring (bicyclic) bond motifs is 1. The molecule has 154 valence electrons. The lowest BCUT2D eigenvalue weighted by Gasteiger charge is -2.14. The van der Waals surface area contributed by atoms with Crippen LogP contribution in [0.4, 0.5) is 0 Å². The number of esters is 1. The predicted molar refractivity (Wildman–Crippen MR) is 103 cm³/mol. The molecule has 0 spiro atoms. The lowest BCUT2D eigenvalue weighted by molar-refractivity contribution is -0.663. The second-order valence-electron chi connectivity index (χ2n) is 6.40. The molecule has 3 rings (SSSR count). The third kappa shape index (κ3) is 5.56. The summed E-state index contributed by atoms with van der Waals surface area (Å²) in [5, 5.41) is 11.9. The van der Waals surface area contributed by atoms with Gasteiger partial charge in [0, 0.05) is 0 Å². The fraction of sp³-hybridized carbons (Fsp3) is 0.286. The van der Waals surface area contributed by atoms with E-state index in [4.69, 9.17) is 4.74 Å². The highest BCUT2D eigenvalue weighted by atomic mass is 35.5. The van der Waals surface area contributed by atoms with Crippen molar-refractivity contribution in [3.8, 4) is 0 Å². The van der Waals surface area contributed by atoms with Gasteiger partial charge < -0.3 is 27.6 Å². The number of para-hydroxylation sites is 2. The number of imidazole rings is 1. The second kappa shape index (κ2) is 10.6. The van der Waals surface area contributed by atoms with Gasteiger partial charge in [0.15, 0.2) is 23.6 Å². The van der Waals surface area contributed by atoms with Gasteiger partial charge in [-0.1, -0.05) is 42.5 Å². The lowest BCUT2D eigenvalue weighted by atomic mass is 10.2. The highest BCUT2D eigenvalue weighted by Crippen LogP contribution is 2.12. The molecule has 0 fully saturated rings. The third-order valence-corrected chi connectivity index (χ3v) is 4.38. The van der Waals surface area contributed by atoms with E-state index in [0.29, 0.717) is 6.54 Å². The molecule has 0 bridgehead atoms. The van der Waals surface area contributed by atoms with Crippen LogP contribution in [0.5, 0.6) is 0 Å². The van der Waals surface area contributed by atoms with Gasteiger partial charge in [-0.3, -0.25) is 4.79 Å². The lowest BCUT2D eigenvalue weighted by Crippen LogP contribution is -3.00. The van der Waals surface area contributed by atoms with E-state index in [9.17, 15) is 14.7 Å². The maximum atomic E-state index is 12.4. The SMILES string of the molecule is CCOC(=O)[C@H](CO)NC(=O)Cn1c[n+](Cc2ccccc2)c2ccccc21.[Cl-]. The molecule has 0 saturated heterocycles. The number of aliphatic hydroxyl groups is 1. The van der Waals surface area contributed by atoms with E-state index in [1.807, 2.05) is 53.4 Å². The van der Waals surface area contributed by atoms with Crippen molar-refractivity contribution in [2.75, 3.05) is 13.2 Å². The number of halogens is 1. The topological polar surface area (TPSA) is 84.4 Å². The van der Waals surface area contributed by atoms with Crippen LogP contribution in [0.2, 0.25) is 0 Å². The first kappa shape index (κ1) is 22.4. The zero-order chi connectivity index (χ0) is 19.9. The van der Waals surface area contributed by atoms with Crippen molar-refractivity contribution >= 4 is 22.9 Å². The monoisotopic (exact) mass is 417 g/mol. The first-order valence-corrected chi connectivity index (χ1v) is 9.20. The highest BCUT2D eigenvalue weighted by molar-refractivity contribution is 5.85. The molecule has 2 aromatic carbocycles. The van der Waals surface area contributed by atoms with Gasteiger partial charge in [-0.2, -0.15) is 0 Å². The molecule has 8 heteroatoms. The average molecular weight is 418 g/mol. The largest absolute Gasteiger partial charge is 1.00 e. The number of amides is 1. The van der Waals surface area contributed by atoms with Crippen molar-refractivity contribution in [2.24, 2.45) is 0 Å². The van der Waals surface area contributed by atoms with Crippen molar-refractivity contribution in [2.45, 2.75) is 26.1 Å². The summed E-state index contributed by atoms with van der Waals surface area (Å²) >= 11 is 0. The number of rotatable bonds is 8. The summed E-state index contributed by atoms with van der Waals surface area (Å²) in [7, 11) is 0. The number of ether oxygens (including phenoxy) is 1. The van der Waals surface area contributed by atoms with E-state index in [-0.39, 0.29) is 31.5 Å². The zero-order valence-corrected chi connectivity index (χ0v) is 16.9. The molecule has 0 saturated carbocycles. The van der Waals surface area contributed by atoms with Crippen LogP contribution in [-0.2, 0) is 27.4 Å². The Labute approximate surface area is 175 Å². The number of nitrogens with one attached hydrogen (secondary N) is 1. The van der Waals surface area contributed by atoms with Crippen LogP contribution in [0, 0.1) is 0 Å². The van der Waals surface area contributed by atoms with Crippen molar-refractivity contribution < 1.29 is 36.4 Å². The minimum Gasteiger partial charge on any atom is -1.00 e. The molecule has 2 N–H and O–H groups in total. The summed E-state index contributed by atoms with van der Waals surface area (Å²) in [4.78, 5) is 24.2. The Morgan fingerprint density at radius 2 is 1.83 bits per heavy atom. The van der Waals surface area contributed by atoms with Crippen LogP contribution in [0.15, 0.2) is 60.9 Å². The number of hydrogen-bond acceptors (Lipinski definition) is 4. The number of aliphatic hydroxyl groups excluding tert-OH is 1. The number of nitrogens with zero attached hydrogens (tertiary/aromatic N) is 2. The van der Waals surface area contributed by atoms with Gasteiger partial charge in [0.2, 0.25) is 6.33 Å². The molecule has 7 nitrogen and oxygen atoms in total. The van der Waals surface area contributed by atoms with Crippen LogP contribution < -0.4 is 22.3 Å². The molecular weight excluding hydrogens is 394 g/mol. The van der Waals surface area contributed by atoms with Crippen LogP contribution in [0.3, 0.4) is 0 Å². The van der Waals surface area contributed by atoms with Crippen molar-refractivity contribution in [1.29, 1.82) is 0 Å². The second-order valence-corrected chi connectivity index (χ2v) is 6.40. The van der Waals surface area contributed by atoms with E-state index < -0.39 is 18.6 Å². The normalized spacial score (nSPS) is 11.5. The Morgan fingerprint density at radius 3 is 2.52 bits per heavy atom. The fourth-order valence-corrected chi connectivity index (χ4v) is 3.09. The predicted octanol–water partition coefficient (Wildman–Crippen LogP) is -1.98. The van der Waals surface area contributed by atoms with E-state index in [1.54, 1.807) is 6.92 Å². The Bertz CT molecular complexity index is 959. The van der Waals surface area contributed by atoms with Gasteiger partial charge in [-0.05, 0) is 24.6 Å². The summed E-state index contributed by atoms with van der Waals surface area (Å²) < 4.78 is 8.76. The molecule has 0 aliphatic heterocycles. The zero-order valence-electron chi connectivity index (χ0n) is 16.1. The Balaban J connectivity index is 0.00000300. The molecule has 1 atom stereocenters. The number of benzene rings is 2. The summed E-state index contributed by atoms with van der Waals surface area (Å²) in [5.74, 6) is -1.02. The molecule has 1 heterocycles. The maximum Gasteiger partial charge on any atom is 0.331 e. The van der Waals surface area contributed by atoms with Crippen LogP contribution >= 0.6 is 0 Å². The van der Waals surface area contributed by atoms with E-state index >= 15 is 0 Å². The van der Waals surface area contributed by atoms with Crippen LogP contribution in [0.25, 0.3) is 11.0 Å². The Kier molecular flexibility index (Phi) is 8.18. The number of carbonyl (C=O) groups excluding carboxylic acids is 2. The third-order valence-electron chi connectivity index (χ3n) is 4.38. The van der Waals surface area contributed by atoms with Crippen molar-refractivity contribution in [3.05, 3.63) is 66.5 Å². The fourth-order valence-electron chi connectivity index (χ4n) is 3.09. The first-order valence-electron chi connectivity index (χ1n) is 9.20. The molecule has 0 aliphatic carbocycles. The first-order chi connectivity index (χ1) is 13.6. The minimum atomic E-state index is -1.06. The molecule has 1 aromatic heterocycles. The number of aromatic nitrogens is 2. The summed E-state index contributed by atoms with van der Waals surface area (Å²) in [6, 6.07) is 16.8. The maximum absolute atomic E-state index is 12.4. The standard InChI is InChI=1S/C21H23N3O4.ClH/c1-2-28-21(27)17(14-25)22-20(26)13-24-15-23(12-16-8-4-3-5-9-16)18-10-6-7-11-19(18)24;/h3-11,15,17,25H,2,12-14H2,1H3;1H/t17-;/m0./s1. The smallest absolute Gasteiger partial charge is 0.331 e. The van der Waals surface area contributed by atoms with Gasteiger partial charge >= 0.3 is 5.97 Å². The minimum absolute atomic E-state index is 0. The van der Waals surface area contributed by atoms with Gasteiger partial charge in [-0.15, -0.1) is 0 Å². The molecule has 0 unspecified atom stereocenters. The Morgan fingerprint density at radius 1 is 1.14 bits per heavy atom. The van der Waals surface area contributed by atoms with Gasteiger partial charge in [-0.25, -0.2) is 13.9 Å². The number of hydrogen-bond donors (Lipinski definition) is 2. The molecule has 0 aliphatic rings. The molecule has 0 radical (unpaired) electrons. The highest BCUT2D eigenvalue weighted by Gasteiger charge is 2.23. The molecule has 3 aromatic rings. The summed E-state index contributed by atoms with van der Waals surface area (Å²) in [6.07, 6.45) is 1.88. The van der Waals surface area contributed by atoms with E-state index in [1.165, 1.54) is 0 Å². The quantitative estimate of drug-likeness (QED) is 0.329. The van der Waals surface area contributed by atoms with Crippen molar-refractivity contribution in [3.63, 3.8) is 0 Å². The van der Waals surface area contributed by atoms with Gasteiger partial charge in [0.05, 0.1) is 13.2 Å². The van der Waals surface area contributed by atoms with E-state index in [2.05, 4.69) is 22.0 Å². The van der Waals surface area contributed by atoms with Gasteiger partial charge in [0.25, 0.3) is 5.91 Å². The molecule has 1 amide bonds. The number of carbonyl (C=O) groups is 2. The summed E-state index contributed by atoms with van der Waals surface area (Å²) in [5.41, 5.74) is 3.07. The molecule has 29 heavy (non-hydrogen) atoms. The van der Waals surface area contributed by atoms with E-state index in [0.717, 1.165) is 16.6 Å². The van der Waals surface area contributed by atoms with Crippen LogP contribution in [0.1, 0.15) is 12.5 Å². The Hall–Kier alpha value is -2.90. The summed E-state index contributed by atoms with van der Waals surface area (Å²) in [6.45, 7) is 2.06. The van der Waals surface area contributed by atoms with Gasteiger partial charge in [0.1, 0.15) is 6.54 Å². The van der Waals surface area contributed by atoms with Crippen molar-refractivity contribution in [1.82, 2.24) is 9.88 Å². The van der Waals surface area contributed by atoms with Crippen LogP contribution in [-0.4, -0.2) is 40.8 Å².